The minimum Gasteiger partial charge on any atom is -0.314 e. The van der Waals surface area contributed by atoms with Gasteiger partial charge in [0.25, 0.3) is 0 Å². The molecule has 0 saturated carbocycles. The fourth-order valence-corrected chi connectivity index (χ4v) is 2.75. The van der Waals surface area contributed by atoms with Crippen LogP contribution in [-0.2, 0) is 6.18 Å². The van der Waals surface area contributed by atoms with Gasteiger partial charge in [-0.2, -0.15) is 13.2 Å². The van der Waals surface area contributed by atoms with Crippen LogP contribution < -0.4 is 5.32 Å². The molecule has 1 heterocycles. The zero-order valence-corrected chi connectivity index (χ0v) is 12.9. The van der Waals surface area contributed by atoms with E-state index < -0.39 is 11.7 Å². The van der Waals surface area contributed by atoms with E-state index in [0.29, 0.717) is 0 Å². The van der Waals surface area contributed by atoms with E-state index in [2.05, 4.69) is 17.1 Å². The molecule has 1 saturated heterocycles. The second kappa shape index (κ2) is 8.01. The van der Waals surface area contributed by atoms with Crippen molar-refractivity contribution in [1.82, 2.24) is 10.2 Å². The van der Waals surface area contributed by atoms with Gasteiger partial charge in [0.05, 0.1) is 5.56 Å². The fourth-order valence-electron chi connectivity index (χ4n) is 2.75. The first-order valence-corrected chi connectivity index (χ1v) is 7.14. The summed E-state index contributed by atoms with van der Waals surface area (Å²) in [5.74, 6) is 0. The van der Waals surface area contributed by atoms with Crippen LogP contribution in [0, 0.1) is 0 Å². The van der Waals surface area contributed by atoms with Crippen molar-refractivity contribution >= 4 is 12.4 Å². The molecule has 1 atom stereocenters. The average Bonchev–Trinajstić information content (AvgIpc) is 2.45. The van der Waals surface area contributed by atoms with Crippen molar-refractivity contribution in [2.75, 3.05) is 26.2 Å². The molecule has 1 aromatic carbocycles. The highest BCUT2D eigenvalue weighted by Crippen LogP contribution is 2.33. The normalized spacial score (nSPS) is 18.1. The molecule has 0 amide bonds. The van der Waals surface area contributed by atoms with Gasteiger partial charge >= 0.3 is 6.18 Å². The summed E-state index contributed by atoms with van der Waals surface area (Å²) in [5.41, 5.74) is 0.231. The summed E-state index contributed by atoms with van der Waals surface area (Å²) in [6.07, 6.45) is -2.41. The molecule has 1 aliphatic heterocycles. The van der Waals surface area contributed by atoms with Crippen LogP contribution >= 0.6 is 12.4 Å². The third kappa shape index (κ3) is 4.87. The van der Waals surface area contributed by atoms with Gasteiger partial charge < -0.3 is 5.32 Å². The van der Waals surface area contributed by atoms with E-state index >= 15 is 0 Å². The van der Waals surface area contributed by atoms with Crippen molar-refractivity contribution in [3.63, 3.8) is 0 Å². The predicted molar refractivity (Wildman–Crippen MR) is 80.8 cm³/mol. The summed E-state index contributed by atoms with van der Waals surface area (Å²) in [6, 6.07) is 5.87. The smallest absolute Gasteiger partial charge is 0.314 e. The number of hydrogen-bond acceptors (Lipinski definition) is 2. The van der Waals surface area contributed by atoms with Crippen molar-refractivity contribution < 1.29 is 13.2 Å². The van der Waals surface area contributed by atoms with E-state index in [4.69, 9.17) is 0 Å². The third-order valence-corrected chi connectivity index (χ3v) is 3.75. The second-order valence-electron chi connectivity index (χ2n) is 5.21. The van der Waals surface area contributed by atoms with E-state index in [1.165, 1.54) is 12.1 Å². The van der Waals surface area contributed by atoms with E-state index in [1.807, 2.05) is 6.07 Å². The van der Waals surface area contributed by atoms with E-state index in [9.17, 15) is 13.2 Å². The van der Waals surface area contributed by atoms with Crippen molar-refractivity contribution in [2.45, 2.75) is 32.0 Å². The van der Waals surface area contributed by atoms with Crippen molar-refractivity contribution in [2.24, 2.45) is 0 Å². The van der Waals surface area contributed by atoms with Gasteiger partial charge in [0.1, 0.15) is 0 Å². The SMILES string of the molecule is CCC[C@H](c1cccc(C(F)(F)F)c1)N1CCNCC1.Cl. The Kier molecular flexibility index (Phi) is 6.97. The maximum atomic E-state index is 12.8. The predicted octanol–water partition coefficient (Wildman–Crippen LogP) is 3.87. The number of piperazine rings is 1. The Labute approximate surface area is 130 Å². The van der Waals surface area contributed by atoms with Crippen LogP contribution in [0.2, 0.25) is 0 Å². The first-order chi connectivity index (χ1) is 9.52. The lowest BCUT2D eigenvalue weighted by atomic mass is 9.98. The molecule has 1 aromatic rings. The van der Waals surface area contributed by atoms with Crippen molar-refractivity contribution in [3.8, 4) is 0 Å². The van der Waals surface area contributed by atoms with E-state index in [-0.39, 0.29) is 18.4 Å². The molecule has 1 aliphatic rings. The second-order valence-corrected chi connectivity index (χ2v) is 5.21. The molecule has 0 spiro atoms. The summed E-state index contributed by atoms with van der Waals surface area (Å²) in [5, 5.41) is 3.28. The molecule has 2 nitrogen and oxygen atoms in total. The van der Waals surface area contributed by atoms with Gasteiger partial charge in [-0.3, -0.25) is 4.90 Å². The van der Waals surface area contributed by atoms with Crippen LogP contribution in [-0.4, -0.2) is 31.1 Å². The topological polar surface area (TPSA) is 15.3 Å². The van der Waals surface area contributed by atoms with E-state index in [0.717, 1.165) is 50.7 Å². The number of benzene rings is 1. The van der Waals surface area contributed by atoms with Gasteiger partial charge in [0.15, 0.2) is 0 Å². The van der Waals surface area contributed by atoms with Gasteiger partial charge in [0, 0.05) is 32.2 Å². The highest BCUT2D eigenvalue weighted by atomic mass is 35.5. The van der Waals surface area contributed by atoms with Crippen LogP contribution in [0.5, 0.6) is 0 Å². The average molecular weight is 323 g/mol. The lowest BCUT2D eigenvalue weighted by Crippen LogP contribution is -2.45. The molecule has 2 rings (SSSR count). The van der Waals surface area contributed by atoms with Gasteiger partial charge in [-0.1, -0.05) is 25.5 Å². The first-order valence-electron chi connectivity index (χ1n) is 7.14. The Morgan fingerprint density at radius 1 is 1.24 bits per heavy atom. The summed E-state index contributed by atoms with van der Waals surface area (Å²) in [6.45, 7) is 5.66. The summed E-state index contributed by atoms with van der Waals surface area (Å²) in [7, 11) is 0. The molecule has 6 heteroatoms. The Hall–Kier alpha value is -0.780. The zero-order chi connectivity index (χ0) is 14.6. The van der Waals surface area contributed by atoms with Crippen LogP contribution in [0.3, 0.4) is 0 Å². The molecule has 1 fully saturated rings. The number of hydrogen-bond donors (Lipinski definition) is 1. The van der Waals surface area contributed by atoms with Crippen LogP contribution in [0.15, 0.2) is 24.3 Å². The number of nitrogens with one attached hydrogen (secondary N) is 1. The molecular weight excluding hydrogens is 301 g/mol. The molecule has 21 heavy (non-hydrogen) atoms. The summed E-state index contributed by atoms with van der Waals surface area (Å²) < 4.78 is 38.5. The maximum Gasteiger partial charge on any atom is 0.416 e. The highest BCUT2D eigenvalue weighted by molar-refractivity contribution is 5.85. The molecule has 0 bridgehead atoms. The maximum absolute atomic E-state index is 12.8. The molecular formula is C15H22ClF3N2. The lowest BCUT2D eigenvalue weighted by Gasteiger charge is -2.35. The monoisotopic (exact) mass is 322 g/mol. The highest BCUT2D eigenvalue weighted by Gasteiger charge is 2.31. The Balaban J connectivity index is 0.00000220. The number of nitrogens with zero attached hydrogens (tertiary/aromatic N) is 1. The molecule has 1 N–H and O–H groups in total. The largest absolute Gasteiger partial charge is 0.416 e. The first kappa shape index (κ1) is 18.3. The van der Waals surface area contributed by atoms with Crippen molar-refractivity contribution in [1.29, 1.82) is 0 Å². The van der Waals surface area contributed by atoms with Gasteiger partial charge in [0.2, 0.25) is 0 Å². The molecule has 120 valence electrons. The standard InChI is InChI=1S/C15H21F3N2.ClH/c1-2-4-14(20-9-7-19-8-10-20)12-5-3-6-13(11-12)15(16,17)18;/h3,5-6,11,14,19H,2,4,7-10H2,1H3;1H/t14-;/m1./s1. The third-order valence-electron chi connectivity index (χ3n) is 3.75. The fraction of sp³-hybridized carbons (Fsp3) is 0.600. The number of halogens is 4. The minimum atomic E-state index is -4.27. The lowest BCUT2D eigenvalue weighted by molar-refractivity contribution is -0.137. The van der Waals surface area contributed by atoms with Gasteiger partial charge in [-0.05, 0) is 24.1 Å². The van der Waals surface area contributed by atoms with Crippen LogP contribution in [0.4, 0.5) is 13.2 Å². The minimum absolute atomic E-state index is 0. The zero-order valence-electron chi connectivity index (χ0n) is 12.1. The van der Waals surface area contributed by atoms with Gasteiger partial charge in [-0.15, -0.1) is 12.4 Å². The molecule has 0 radical (unpaired) electrons. The van der Waals surface area contributed by atoms with Gasteiger partial charge in [-0.25, -0.2) is 0 Å². The quantitative estimate of drug-likeness (QED) is 0.905. The molecule has 0 unspecified atom stereocenters. The number of alkyl halides is 3. The number of rotatable bonds is 4. The Morgan fingerprint density at radius 2 is 1.90 bits per heavy atom. The van der Waals surface area contributed by atoms with Crippen LogP contribution in [0.1, 0.15) is 36.9 Å². The van der Waals surface area contributed by atoms with Crippen molar-refractivity contribution in [3.05, 3.63) is 35.4 Å². The van der Waals surface area contributed by atoms with Crippen LogP contribution in [0.25, 0.3) is 0 Å². The summed E-state index contributed by atoms with van der Waals surface area (Å²) >= 11 is 0. The molecule has 0 aromatic heterocycles. The van der Waals surface area contributed by atoms with E-state index in [1.54, 1.807) is 0 Å². The summed E-state index contributed by atoms with van der Waals surface area (Å²) in [4.78, 5) is 2.29. The molecule has 0 aliphatic carbocycles. The Morgan fingerprint density at radius 3 is 2.48 bits per heavy atom. The Bertz CT molecular complexity index is 431.